The minimum atomic E-state index is -0.370. The lowest BCUT2D eigenvalue weighted by Crippen LogP contribution is -2.31. The van der Waals surface area contributed by atoms with Crippen LogP contribution in [0.3, 0.4) is 0 Å². The maximum atomic E-state index is 11.9. The van der Waals surface area contributed by atoms with Gasteiger partial charge in [-0.05, 0) is 5.21 Å². The monoisotopic (exact) mass is 303 g/mol. The summed E-state index contributed by atoms with van der Waals surface area (Å²) in [5.41, 5.74) is -0.558. The van der Waals surface area contributed by atoms with Gasteiger partial charge in [-0.15, -0.1) is 22.5 Å². The Morgan fingerprint density at radius 2 is 2.09 bits per heavy atom. The number of hydrogen-bond donors (Lipinski definition) is 1. The lowest BCUT2D eigenvalue weighted by atomic mass is 9.96. The topological polar surface area (TPSA) is 97.4 Å². The number of amides is 1. The van der Waals surface area contributed by atoms with E-state index in [1.54, 1.807) is 0 Å². The van der Waals surface area contributed by atoms with Crippen LogP contribution in [0.15, 0.2) is 10.2 Å². The molecule has 1 aromatic rings. The van der Waals surface area contributed by atoms with E-state index >= 15 is 0 Å². The molecular weight excluding hydrogens is 282 g/mol. The highest BCUT2D eigenvalue weighted by Crippen LogP contribution is 2.35. The minimum absolute atomic E-state index is 0.0503. The molecule has 1 N–H and O–H groups in total. The lowest BCUT2D eigenvalue weighted by molar-refractivity contribution is -0.122. The van der Waals surface area contributed by atoms with Crippen LogP contribution < -0.4 is 5.32 Å². The molecule has 0 fully saturated rings. The maximum Gasteiger partial charge on any atom is 0.243 e. The number of terminal acetylenes is 1. The highest BCUT2D eigenvalue weighted by Gasteiger charge is 2.38. The highest BCUT2D eigenvalue weighted by atomic mass is 16.2. The Balaban J connectivity index is 1.72. The molecule has 0 spiro atoms. The molecule has 0 saturated carbocycles. The third-order valence-corrected chi connectivity index (χ3v) is 3.31. The molecular formula is C14H21N7O. The predicted octanol–water partition coefficient (Wildman–Crippen LogP) is 1.05. The Labute approximate surface area is 129 Å². The molecule has 2 heterocycles. The van der Waals surface area contributed by atoms with Gasteiger partial charge in [0.05, 0.1) is 0 Å². The number of nitrogens with one attached hydrogen (secondary N) is 1. The number of hydrogen-bond acceptors (Lipinski definition) is 6. The maximum absolute atomic E-state index is 11.9. The van der Waals surface area contributed by atoms with E-state index in [2.05, 4.69) is 36.9 Å². The largest absolute Gasteiger partial charge is 0.354 e. The van der Waals surface area contributed by atoms with E-state index in [9.17, 15) is 4.79 Å². The second kappa shape index (κ2) is 6.22. The minimum Gasteiger partial charge on any atom is -0.354 e. The zero-order valence-corrected chi connectivity index (χ0v) is 13.2. The first-order valence-corrected chi connectivity index (χ1v) is 7.27. The standard InChI is InChI=1S/C14H21N7O/c1-5-6-7-14(18-19-14)8-9-15-11(22)10-21-17-12(16-20-21)13(2,3)4/h1H,6-10H2,2-4H3,(H,15,22). The Hall–Kier alpha value is -2.30. The van der Waals surface area contributed by atoms with Crippen molar-refractivity contribution >= 4 is 5.91 Å². The normalized spacial score (nSPS) is 15.4. The van der Waals surface area contributed by atoms with Gasteiger partial charge in [-0.2, -0.15) is 15.0 Å². The number of carbonyl (C=O) groups excluding carboxylic acids is 1. The van der Waals surface area contributed by atoms with Gasteiger partial charge in [0.15, 0.2) is 11.5 Å². The van der Waals surface area contributed by atoms with Gasteiger partial charge in [-0.25, -0.2) is 0 Å². The average Bonchev–Trinajstić information content (AvgIpc) is 3.03. The summed E-state index contributed by atoms with van der Waals surface area (Å²) in [6.07, 6.45) is 7.27. The average molecular weight is 303 g/mol. The van der Waals surface area contributed by atoms with Crippen molar-refractivity contribution in [2.24, 2.45) is 10.2 Å². The first-order valence-electron chi connectivity index (χ1n) is 7.27. The van der Waals surface area contributed by atoms with Crippen LogP contribution >= 0.6 is 0 Å². The highest BCUT2D eigenvalue weighted by molar-refractivity contribution is 5.75. The third kappa shape index (κ3) is 4.35. The molecule has 2 rings (SSSR count). The van der Waals surface area contributed by atoms with E-state index in [0.29, 0.717) is 25.2 Å². The second-order valence-electron chi connectivity index (χ2n) is 6.38. The van der Waals surface area contributed by atoms with Gasteiger partial charge in [0, 0.05) is 31.2 Å². The summed E-state index contributed by atoms with van der Waals surface area (Å²) in [7, 11) is 0. The van der Waals surface area contributed by atoms with E-state index in [4.69, 9.17) is 6.42 Å². The first kappa shape index (κ1) is 16.1. The zero-order valence-electron chi connectivity index (χ0n) is 13.2. The van der Waals surface area contributed by atoms with Gasteiger partial charge in [-0.1, -0.05) is 20.8 Å². The number of tetrazole rings is 1. The fraction of sp³-hybridized carbons (Fsp3) is 0.714. The molecule has 8 nitrogen and oxygen atoms in total. The fourth-order valence-electron chi connectivity index (χ4n) is 1.86. The van der Waals surface area contributed by atoms with Crippen molar-refractivity contribution in [3.8, 4) is 12.3 Å². The smallest absolute Gasteiger partial charge is 0.243 e. The Kier molecular flexibility index (Phi) is 4.54. The van der Waals surface area contributed by atoms with Gasteiger partial charge in [0.1, 0.15) is 6.54 Å². The lowest BCUT2D eigenvalue weighted by Gasteiger charge is -2.11. The van der Waals surface area contributed by atoms with Crippen molar-refractivity contribution in [3.05, 3.63) is 5.82 Å². The zero-order chi connectivity index (χ0) is 16.2. The van der Waals surface area contributed by atoms with Crippen molar-refractivity contribution in [2.45, 2.75) is 57.7 Å². The molecule has 0 saturated heterocycles. The van der Waals surface area contributed by atoms with Crippen LogP contribution in [0.5, 0.6) is 0 Å². The summed E-state index contributed by atoms with van der Waals surface area (Å²) in [4.78, 5) is 13.2. The van der Waals surface area contributed by atoms with Crippen LogP contribution in [0.4, 0.5) is 0 Å². The summed E-state index contributed by atoms with van der Waals surface area (Å²) in [6.45, 7) is 6.53. The number of aromatic nitrogens is 4. The molecule has 0 bridgehead atoms. The SMILES string of the molecule is C#CCCC1(CCNC(=O)Cn2nnc(C(C)(C)C)n2)N=N1. The fourth-order valence-corrected chi connectivity index (χ4v) is 1.86. The van der Waals surface area contributed by atoms with Gasteiger partial charge in [0.25, 0.3) is 0 Å². The molecule has 1 amide bonds. The van der Waals surface area contributed by atoms with Crippen molar-refractivity contribution in [1.29, 1.82) is 0 Å². The van der Waals surface area contributed by atoms with Crippen LogP contribution in [-0.2, 0) is 16.8 Å². The molecule has 0 aliphatic carbocycles. The second-order valence-corrected chi connectivity index (χ2v) is 6.38. The molecule has 1 aromatic heterocycles. The molecule has 8 heteroatoms. The van der Waals surface area contributed by atoms with E-state index in [-0.39, 0.29) is 23.5 Å². The van der Waals surface area contributed by atoms with Crippen LogP contribution in [0.25, 0.3) is 0 Å². The van der Waals surface area contributed by atoms with Gasteiger partial charge in [0.2, 0.25) is 5.91 Å². The van der Waals surface area contributed by atoms with Crippen LogP contribution in [0, 0.1) is 12.3 Å². The Morgan fingerprint density at radius 1 is 1.36 bits per heavy atom. The molecule has 1 aliphatic rings. The van der Waals surface area contributed by atoms with Crippen LogP contribution in [0.1, 0.15) is 45.9 Å². The molecule has 0 radical (unpaired) electrons. The summed E-state index contributed by atoms with van der Waals surface area (Å²) in [5, 5.41) is 22.9. The van der Waals surface area contributed by atoms with E-state index < -0.39 is 0 Å². The van der Waals surface area contributed by atoms with Crippen LogP contribution in [-0.4, -0.2) is 38.3 Å². The summed E-state index contributed by atoms with van der Waals surface area (Å²) in [5.74, 6) is 3.03. The predicted molar refractivity (Wildman–Crippen MR) is 79.8 cm³/mol. The summed E-state index contributed by atoms with van der Waals surface area (Å²) in [6, 6.07) is 0. The molecule has 118 valence electrons. The summed E-state index contributed by atoms with van der Waals surface area (Å²) >= 11 is 0. The summed E-state index contributed by atoms with van der Waals surface area (Å²) < 4.78 is 0. The molecule has 0 unspecified atom stereocenters. The van der Waals surface area contributed by atoms with Gasteiger partial charge in [-0.3, -0.25) is 4.79 Å². The van der Waals surface area contributed by atoms with E-state index in [0.717, 1.165) is 6.42 Å². The van der Waals surface area contributed by atoms with Crippen LogP contribution in [0.2, 0.25) is 0 Å². The van der Waals surface area contributed by atoms with Gasteiger partial charge >= 0.3 is 0 Å². The van der Waals surface area contributed by atoms with E-state index in [1.807, 2.05) is 20.8 Å². The molecule has 0 aromatic carbocycles. The Morgan fingerprint density at radius 3 is 2.64 bits per heavy atom. The molecule has 0 atom stereocenters. The van der Waals surface area contributed by atoms with Crippen molar-refractivity contribution < 1.29 is 4.79 Å². The number of carbonyl (C=O) groups is 1. The number of rotatable bonds is 7. The number of nitrogens with zero attached hydrogens (tertiary/aromatic N) is 6. The molecule has 22 heavy (non-hydrogen) atoms. The van der Waals surface area contributed by atoms with E-state index in [1.165, 1.54) is 4.80 Å². The molecule has 1 aliphatic heterocycles. The quantitative estimate of drug-likeness (QED) is 0.761. The van der Waals surface area contributed by atoms with Gasteiger partial charge < -0.3 is 5.32 Å². The third-order valence-electron chi connectivity index (χ3n) is 3.31. The van der Waals surface area contributed by atoms with Crippen molar-refractivity contribution in [3.63, 3.8) is 0 Å². The van der Waals surface area contributed by atoms with Crippen molar-refractivity contribution in [2.75, 3.05) is 6.54 Å². The first-order chi connectivity index (χ1) is 10.3. The Bertz CT molecular complexity index is 599. The van der Waals surface area contributed by atoms with Crippen molar-refractivity contribution in [1.82, 2.24) is 25.5 Å².